The highest BCUT2D eigenvalue weighted by Gasteiger charge is 2.22. The van der Waals surface area contributed by atoms with Crippen molar-refractivity contribution in [1.29, 1.82) is 0 Å². The molecule has 2 N–H and O–H groups in total. The summed E-state index contributed by atoms with van der Waals surface area (Å²) in [6.07, 6.45) is 1.15. The number of benzene rings is 2. The Balaban J connectivity index is 2.19. The van der Waals surface area contributed by atoms with E-state index >= 15 is 0 Å². The van der Waals surface area contributed by atoms with Crippen LogP contribution in [0.4, 0.5) is 0 Å². The summed E-state index contributed by atoms with van der Waals surface area (Å²) in [4.78, 5) is 2.53. The van der Waals surface area contributed by atoms with E-state index in [1.54, 1.807) is 0 Å². The summed E-state index contributed by atoms with van der Waals surface area (Å²) in [6, 6.07) is 21.8. The van der Waals surface area contributed by atoms with Gasteiger partial charge in [0.25, 0.3) is 0 Å². The standard InChI is InChI=1S/C20H28N2/c1-3-17(2)20(14-21)22(15-18-10-6-4-7-11-18)16-19-12-8-5-9-13-19/h4-13,17,20H,3,14-16,21H2,1-2H3. The van der Waals surface area contributed by atoms with E-state index < -0.39 is 0 Å². The maximum atomic E-state index is 6.12. The Hall–Kier alpha value is -1.64. The Morgan fingerprint density at radius 3 is 1.68 bits per heavy atom. The fourth-order valence-electron chi connectivity index (χ4n) is 2.94. The van der Waals surface area contributed by atoms with E-state index in [0.717, 1.165) is 19.5 Å². The van der Waals surface area contributed by atoms with Crippen LogP contribution in [0.3, 0.4) is 0 Å². The zero-order valence-electron chi connectivity index (χ0n) is 13.8. The van der Waals surface area contributed by atoms with Crippen LogP contribution in [0.2, 0.25) is 0 Å². The lowest BCUT2D eigenvalue weighted by molar-refractivity contribution is 0.134. The van der Waals surface area contributed by atoms with Crippen molar-refractivity contribution in [2.75, 3.05) is 6.54 Å². The first-order chi connectivity index (χ1) is 10.7. The van der Waals surface area contributed by atoms with Crippen molar-refractivity contribution in [3.63, 3.8) is 0 Å². The smallest absolute Gasteiger partial charge is 0.0250 e. The third kappa shape index (κ3) is 4.69. The van der Waals surface area contributed by atoms with Gasteiger partial charge in [0.2, 0.25) is 0 Å². The summed E-state index contributed by atoms with van der Waals surface area (Å²) in [5.74, 6) is 0.595. The molecular formula is C20H28N2. The second-order valence-electron chi connectivity index (χ2n) is 6.06. The molecule has 0 amide bonds. The quantitative estimate of drug-likeness (QED) is 0.796. The highest BCUT2D eigenvalue weighted by Crippen LogP contribution is 2.19. The largest absolute Gasteiger partial charge is 0.329 e. The number of nitrogens with two attached hydrogens (primary N) is 1. The molecule has 0 radical (unpaired) electrons. The van der Waals surface area contributed by atoms with Gasteiger partial charge in [-0.05, 0) is 17.0 Å². The molecular weight excluding hydrogens is 268 g/mol. The molecule has 0 bridgehead atoms. The fourth-order valence-corrected chi connectivity index (χ4v) is 2.94. The highest BCUT2D eigenvalue weighted by atomic mass is 15.2. The average Bonchev–Trinajstić information content (AvgIpc) is 2.57. The predicted octanol–water partition coefficient (Wildman–Crippen LogP) is 4.06. The Bertz CT molecular complexity index is 482. The Morgan fingerprint density at radius 1 is 0.864 bits per heavy atom. The van der Waals surface area contributed by atoms with E-state index in [0.29, 0.717) is 18.5 Å². The molecule has 0 heterocycles. The SMILES string of the molecule is CCC(C)C(CN)N(Cc1ccccc1)Cc1ccccc1. The molecule has 2 atom stereocenters. The van der Waals surface area contributed by atoms with Crippen molar-refractivity contribution in [2.24, 2.45) is 11.7 Å². The molecule has 2 heteroatoms. The van der Waals surface area contributed by atoms with Gasteiger partial charge < -0.3 is 5.73 Å². The summed E-state index contributed by atoms with van der Waals surface area (Å²) in [6.45, 7) is 7.15. The van der Waals surface area contributed by atoms with Gasteiger partial charge >= 0.3 is 0 Å². The molecule has 0 fully saturated rings. The van der Waals surface area contributed by atoms with Crippen molar-refractivity contribution >= 4 is 0 Å². The molecule has 0 saturated carbocycles. The number of rotatable bonds is 8. The van der Waals surface area contributed by atoms with Crippen LogP contribution in [-0.2, 0) is 13.1 Å². The summed E-state index contributed by atoms with van der Waals surface area (Å²) in [5.41, 5.74) is 8.81. The molecule has 2 rings (SSSR count). The van der Waals surface area contributed by atoms with Gasteiger partial charge in [0, 0.05) is 25.7 Å². The molecule has 22 heavy (non-hydrogen) atoms. The van der Waals surface area contributed by atoms with Crippen molar-refractivity contribution in [3.05, 3.63) is 71.8 Å². The fraction of sp³-hybridized carbons (Fsp3) is 0.400. The maximum Gasteiger partial charge on any atom is 0.0250 e. The summed E-state index contributed by atoms with van der Waals surface area (Å²) < 4.78 is 0. The minimum atomic E-state index is 0.408. The third-order valence-electron chi connectivity index (χ3n) is 4.47. The molecule has 2 nitrogen and oxygen atoms in total. The van der Waals surface area contributed by atoms with Gasteiger partial charge in [0.05, 0.1) is 0 Å². The van der Waals surface area contributed by atoms with Gasteiger partial charge in [-0.3, -0.25) is 4.90 Å². The average molecular weight is 296 g/mol. The lowest BCUT2D eigenvalue weighted by Crippen LogP contribution is -2.43. The van der Waals surface area contributed by atoms with Crippen molar-refractivity contribution < 1.29 is 0 Å². The van der Waals surface area contributed by atoms with E-state index in [-0.39, 0.29) is 0 Å². The molecule has 0 aliphatic heterocycles. The van der Waals surface area contributed by atoms with Crippen LogP contribution in [0.1, 0.15) is 31.4 Å². The molecule has 2 unspecified atom stereocenters. The predicted molar refractivity (Wildman–Crippen MR) is 94.4 cm³/mol. The van der Waals surface area contributed by atoms with Crippen LogP contribution in [0.25, 0.3) is 0 Å². The van der Waals surface area contributed by atoms with E-state index in [4.69, 9.17) is 5.73 Å². The minimum Gasteiger partial charge on any atom is -0.329 e. The second-order valence-corrected chi connectivity index (χ2v) is 6.06. The Labute approximate surface area is 135 Å². The molecule has 0 aliphatic carbocycles. The van der Waals surface area contributed by atoms with Crippen LogP contribution in [0, 0.1) is 5.92 Å². The number of nitrogens with zero attached hydrogens (tertiary/aromatic N) is 1. The first kappa shape index (κ1) is 16.7. The molecule has 2 aromatic rings. The number of hydrogen-bond donors (Lipinski definition) is 1. The third-order valence-corrected chi connectivity index (χ3v) is 4.47. The molecule has 2 aromatic carbocycles. The van der Waals surface area contributed by atoms with Crippen LogP contribution in [0.5, 0.6) is 0 Å². The maximum absolute atomic E-state index is 6.12. The first-order valence-electron chi connectivity index (χ1n) is 8.26. The van der Waals surface area contributed by atoms with Gasteiger partial charge in [-0.15, -0.1) is 0 Å². The monoisotopic (exact) mass is 296 g/mol. The lowest BCUT2D eigenvalue weighted by Gasteiger charge is -2.35. The zero-order chi connectivity index (χ0) is 15.8. The van der Waals surface area contributed by atoms with Crippen molar-refractivity contribution in [1.82, 2.24) is 4.90 Å². The summed E-state index contributed by atoms with van der Waals surface area (Å²) >= 11 is 0. The number of hydrogen-bond acceptors (Lipinski definition) is 2. The topological polar surface area (TPSA) is 29.3 Å². The molecule has 0 saturated heterocycles. The van der Waals surface area contributed by atoms with Crippen LogP contribution < -0.4 is 5.73 Å². The normalized spacial score (nSPS) is 14.0. The Morgan fingerprint density at radius 2 is 1.32 bits per heavy atom. The van der Waals surface area contributed by atoms with Gasteiger partial charge in [-0.2, -0.15) is 0 Å². The van der Waals surface area contributed by atoms with E-state index in [2.05, 4.69) is 79.4 Å². The van der Waals surface area contributed by atoms with Crippen LogP contribution in [-0.4, -0.2) is 17.5 Å². The zero-order valence-corrected chi connectivity index (χ0v) is 13.8. The minimum absolute atomic E-state index is 0.408. The molecule has 0 aliphatic rings. The van der Waals surface area contributed by atoms with Crippen LogP contribution in [0.15, 0.2) is 60.7 Å². The molecule has 118 valence electrons. The van der Waals surface area contributed by atoms with Gasteiger partial charge in [-0.25, -0.2) is 0 Å². The van der Waals surface area contributed by atoms with Crippen molar-refractivity contribution in [2.45, 2.75) is 39.4 Å². The van der Waals surface area contributed by atoms with Crippen LogP contribution >= 0.6 is 0 Å². The van der Waals surface area contributed by atoms with Crippen molar-refractivity contribution in [3.8, 4) is 0 Å². The second kappa shape index (κ2) is 8.72. The van der Waals surface area contributed by atoms with E-state index in [1.165, 1.54) is 11.1 Å². The summed E-state index contributed by atoms with van der Waals surface area (Å²) in [5, 5.41) is 0. The summed E-state index contributed by atoms with van der Waals surface area (Å²) in [7, 11) is 0. The molecule has 0 spiro atoms. The van der Waals surface area contributed by atoms with Gasteiger partial charge in [-0.1, -0.05) is 80.9 Å². The highest BCUT2D eigenvalue weighted by molar-refractivity contribution is 5.17. The first-order valence-corrected chi connectivity index (χ1v) is 8.26. The van der Waals surface area contributed by atoms with Gasteiger partial charge in [0.15, 0.2) is 0 Å². The van der Waals surface area contributed by atoms with E-state index in [9.17, 15) is 0 Å². The van der Waals surface area contributed by atoms with Gasteiger partial charge in [0.1, 0.15) is 0 Å². The van der Waals surface area contributed by atoms with E-state index in [1.807, 2.05) is 0 Å². The lowest BCUT2D eigenvalue weighted by atomic mass is 9.96. The Kier molecular flexibility index (Phi) is 6.63. The molecule has 0 aromatic heterocycles.